The Kier molecular flexibility index (Phi) is 60.2. The smallest absolute Gasteiger partial charge is 0.115 e. The third-order valence-electron chi connectivity index (χ3n) is 0.756. The fourth-order valence-electron chi connectivity index (χ4n) is 0.428. The average Bonchev–Trinajstić information content (AvgIpc) is 2.40. The Labute approximate surface area is 97.2 Å². The number of rotatable bonds is 0. The fraction of sp³-hybridized carbons (Fsp3) is 0.571. The number of para-hydroxylation sites is 1. The third-order valence-corrected chi connectivity index (χ3v) is 0.756. The Hall–Kier alpha value is -0.980. The highest BCUT2D eigenvalue weighted by Gasteiger charge is 1.74. The molecule has 1 aromatic rings. The summed E-state index contributed by atoms with van der Waals surface area (Å²) in [4.78, 5) is 0. The monoisotopic (exact) mass is 214 g/mol. The average molecular weight is 214 g/mol. The van der Waals surface area contributed by atoms with Crippen LogP contribution in [0, 0.1) is 0 Å². The molecule has 1 aromatic carbocycles. The van der Waals surface area contributed by atoms with Gasteiger partial charge in [-0.2, -0.15) is 0 Å². The zero-order valence-electron chi connectivity index (χ0n) is 11.8. The second-order valence-corrected chi connectivity index (χ2v) is 1.34. The van der Waals surface area contributed by atoms with Crippen LogP contribution < -0.4 is 0 Å². The van der Waals surface area contributed by atoms with E-state index < -0.39 is 0 Å². The lowest BCUT2D eigenvalue weighted by atomic mass is 10.3. The van der Waals surface area contributed by atoms with E-state index in [9.17, 15) is 0 Å². The summed E-state index contributed by atoms with van der Waals surface area (Å²) >= 11 is 0. The third kappa shape index (κ3) is 32.1. The summed E-state index contributed by atoms with van der Waals surface area (Å²) in [6.07, 6.45) is 0. The van der Waals surface area contributed by atoms with Crippen LogP contribution in [0.25, 0.3) is 0 Å². The molecule has 0 saturated heterocycles. The standard InChI is InChI=1S/C6H6O.4C2H6/c7-6-4-2-1-3-5-6;4*1-2/h1-5,7H;4*1-2H3. The number of aromatic hydroxyl groups is 1. The zero-order chi connectivity index (χ0) is 13.1. The first kappa shape index (κ1) is 23.7. The van der Waals surface area contributed by atoms with E-state index in [-0.39, 0.29) is 0 Å². The van der Waals surface area contributed by atoms with Gasteiger partial charge >= 0.3 is 0 Å². The molecule has 0 unspecified atom stereocenters. The lowest BCUT2D eigenvalue weighted by Crippen LogP contribution is -1.56. The number of phenolic OH excluding ortho intramolecular Hbond substituents is 1. The maximum absolute atomic E-state index is 8.63. The van der Waals surface area contributed by atoms with Crippen LogP contribution in [0.15, 0.2) is 30.3 Å². The van der Waals surface area contributed by atoms with Crippen LogP contribution in [0.5, 0.6) is 5.75 Å². The van der Waals surface area contributed by atoms with Crippen molar-refractivity contribution >= 4 is 0 Å². The van der Waals surface area contributed by atoms with Gasteiger partial charge in [-0.25, -0.2) is 0 Å². The number of phenols is 1. The molecule has 15 heavy (non-hydrogen) atoms. The Morgan fingerprint density at radius 1 is 0.600 bits per heavy atom. The van der Waals surface area contributed by atoms with E-state index in [1.54, 1.807) is 24.3 Å². The molecular formula is C14H30O. The predicted octanol–water partition coefficient (Wildman–Crippen LogP) is 5.50. The van der Waals surface area contributed by atoms with Crippen LogP contribution >= 0.6 is 0 Å². The van der Waals surface area contributed by atoms with Gasteiger partial charge in [-0.3, -0.25) is 0 Å². The summed E-state index contributed by atoms with van der Waals surface area (Å²) in [7, 11) is 0. The van der Waals surface area contributed by atoms with Crippen LogP contribution in [0.3, 0.4) is 0 Å². The minimum Gasteiger partial charge on any atom is -0.508 e. The van der Waals surface area contributed by atoms with E-state index >= 15 is 0 Å². The summed E-state index contributed by atoms with van der Waals surface area (Å²) in [5.41, 5.74) is 0. The zero-order valence-corrected chi connectivity index (χ0v) is 11.8. The van der Waals surface area contributed by atoms with Crippen molar-refractivity contribution in [1.82, 2.24) is 0 Å². The molecule has 1 rings (SSSR count). The first-order valence-corrected chi connectivity index (χ1v) is 6.13. The molecule has 1 heteroatoms. The van der Waals surface area contributed by atoms with Gasteiger partial charge in [0.1, 0.15) is 5.75 Å². The summed E-state index contributed by atoms with van der Waals surface area (Å²) in [6.45, 7) is 16.0. The van der Waals surface area contributed by atoms with Gasteiger partial charge in [0.2, 0.25) is 0 Å². The van der Waals surface area contributed by atoms with Crippen LogP contribution in [0.4, 0.5) is 0 Å². The molecule has 0 aliphatic heterocycles. The van der Waals surface area contributed by atoms with Gasteiger partial charge in [-0.1, -0.05) is 73.6 Å². The quantitative estimate of drug-likeness (QED) is 0.605. The van der Waals surface area contributed by atoms with Crippen LogP contribution in [0.1, 0.15) is 55.4 Å². The van der Waals surface area contributed by atoms with Crippen molar-refractivity contribution in [3.05, 3.63) is 30.3 Å². The molecule has 0 aliphatic carbocycles. The minimum atomic E-state index is 0.322. The molecule has 0 saturated carbocycles. The normalized spacial score (nSPS) is 5.60. The van der Waals surface area contributed by atoms with E-state index in [0.717, 1.165) is 0 Å². The molecule has 0 aromatic heterocycles. The summed E-state index contributed by atoms with van der Waals surface area (Å²) in [6, 6.07) is 8.71. The van der Waals surface area contributed by atoms with Gasteiger partial charge in [0, 0.05) is 0 Å². The fourth-order valence-corrected chi connectivity index (χ4v) is 0.428. The summed E-state index contributed by atoms with van der Waals surface area (Å²) in [5, 5.41) is 8.63. The van der Waals surface area contributed by atoms with Gasteiger partial charge in [0.05, 0.1) is 0 Å². The van der Waals surface area contributed by atoms with Crippen molar-refractivity contribution in [2.24, 2.45) is 0 Å². The number of hydrogen-bond donors (Lipinski definition) is 1. The topological polar surface area (TPSA) is 20.2 Å². The molecule has 1 N–H and O–H groups in total. The molecule has 0 heterocycles. The van der Waals surface area contributed by atoms with E-state index in [1.165, 1.54) is 0 Å². The van der Waals surface area contributed by atoms with Gasteiger partial charge in [0.15, 0.2) is 0 Å². The molecular weight excluding hydrogens is 184 g/mol. The first-order chi connectivity index (χ1) is 7.39. The summed E-state index contributed by atoms with van der Waals surface area (Å²) < 4.78 is 0. The van der Waals surface area contributed by atoms with Crippen LogP contribution in [0.2, 0.25) is 0 Å². The summed E-state index contributed by atoms with van der Waals surface area (Å²) in [5.74, 6) is 0.322. The van der Waals surface area contributed by atoms with Gasteiger partial charge in [-0.05, 0) is 12.1 Å². The second-order valence-electron chi connectivity index (χ2n) is 1.34. The van der Waals surface area contributed by atoms with Crippen molar-refractivity contribution in [2.75, 3.05) is 0 Å². The molecule has 0 aliphatic rings. The predicted molar refractivity (Wildman–Crippen MR) is 73.5 cm³/mol. The molecule has 0 radical (unpaired) electrons. The molecule has 92 valence electrons. The van der Waals surface area contributed by atoms with Gasteiger partial charge < -0.3 is 5.11 Å². The second kappa shape index (κ2) is 38.2. The lowest BCUT2D eigenvalue weighted by molar-refractivity contribution is 0.475. The molecule has 0 amide bonds. The molecule has 1 nitrogen and oxygen atoms in total. The first-order valence-electron chi connectivity index (χ1n) is 6.13. The Balaban J connectivity index is -0.0000000650. The van der Waals surface area contributed by atoms with Crippen molar-refractivity contribution in [3.63, 3.8) is 0 Å². The van der Waals surface area contributed by atoms with Crippen molar-refractivity contribution in [1.29, 1.82) is 0 Å². The highest BCUT2D eigenvalue weighted by molar-refractivity contribution is 5.18. The Bertz CT molecular complexity index is 135. The van der Waals surface area contributed by atoms with Crippen LogP contribution in [-0.2, 0) is 0 Å². The molecule has 0 atom stereocenters. The van der Waals surface area contributed by atoms with Gasteiger partial charge in [0.25, 0.3) is 0 Å². The van der Waals surface area contributed by atoms with Gasteiger partial charge in [-0.15, -0.1) is 0 Å². The minimum absolute atomic E-state index is 0.322. The van der Waals surface area contributed by atoms with Crippen molar-refractivity contribution in [2.45, 2.75) is 55.4 Å². The number of hydrogen-bond acceptors (Lipinski definition) is 1. The largest absolute Gasteiger partial charge is 0.508 e. The highest BCUT2D eigenvalue weighted by Crippen LogP contribution is 2.02. The van der Waals surface area contributed by atoms with Crippen molar-refractivity contribution < 1.29 is 5.11 Å². The van der Waals surface area contributed by atoms with E-state index in [2.05, 4.69) is 0 Å². The Morgan fingerprint density at radius 3 is 1.00 bits per heavy atom. The maximum atomic E-state index is 8.63. The molecule has 0 fully saturated rings. The van der Waals surface area contributed by atoms with Crippen molar-refractivity contribution in [3.8, 4) is 5.75 Å². The molecule has 0 bridgehead atoms. The van der Waals surface area contributed by atoms with Crippen LogP contribution in [-0.4, -0.2) is 5.11 Å². The lowest BCUT2D eigenvalue weighted by Gasteiger charge is -1.82. The molecule has 0 spiro atoms. The van der Waals surface area contributed by atoms with E-state index in [1.807, 2.05) is 61.5 Å². The highest BCUT2D eigenvalue weighted by atomic mass is 16.3. The number of benzene rings is 1. The SMILES string of the molecule is CC.CC.CC.CC.Oc1ccccc1. The van der Waals surface area contributed by atoms with E-state index in [0.29, 0.717) is 5.75 Å². The maximum Gasteiger partial charge on any atom is 0.115 e. The Morgan fingerprint density at radius 2 is 0.867 bits per heavy atom. The van der Waals surface area contributed by atoms with E-state index in [4.69, 9.17) is 5.11 Å².